The van der Waals surface area contributed by atoms with E-state index in [1.165, 1.54) is 0 Å². The molecule has 1 aromatic rings. The molecular weight excluding hydrogens is 368 g/mol. The van der Waals surface area contributed by atoms with E-state index in [0.717, 1.165) is 10.9 Å². The molecule has 98 valence electrons. The lowest BCUT2D eigenvalue weighted by atomic mass is 10.2. The molecule has 0 heterocycles. The number of carboxylic acid groups (broad SMARTS) is 1. The molecule has 0 bridgehead atoms. The first kappa shape index (κ1) is 15.2. The quantitative estimate of drug-likeness (QED) is 0.466. The molecule has 1 rings (SSSR count). The minimum Gasteiger partial charge on any atom is -0.481 e. The largest absolute Gasteiger partial charge is 0.481 e. The minimum absolute atomic E-state index is 0.0290. The number of carboxylic acids is 1. The molecule has 0 amide bonds. The summed E-state index contributed by atoms with van der Waals surface area (Å²) in [5.74, 6) is -0.894. The highest BCUT2D eigenvalue weighted by molar-refractivity contribution is 9.10. The average molecular weight is 380 g/mol. The Balaban J connectivity index is 2.51. The van der Waals surface area contributed by atoms with Crippen molar-refractivity contribution in [3.8, 4) is 5.75 Å². The number of hydrogen-bond donors (Lipinski definition) is 1. The average Bonchev–Trinajstić information content (AvgIpc) is 2.31. The highest BCUT2D eigenvalue weighted by atomic mass is 79.9. The van der Waals surface area contributed by atoms with Crippen LogP contribution in [-0.4, -0.2) is 17.0 Å². The van der Waals surface area contributed by atoms with Crippen molar-refractivity contribution in [2.75, 3.05) is 0 Å². The second-order valence-corrected chi connectivity index (χ2v) is 5.03. The lowest BCUT2D eigenvalue weighted by molar-refractivity contribution is -0.137. The van der Waals surface area contributed by atoms with Crippen LogP contribution in [0.25, 0.3) is 0 Å². The van der Waals surface area contributed by atoms with Gasteiger partial charge in [0.1, 0.15) is 5.75 Å². The van der Waals surface area contributed by atoms with Gasteiger partial charge in [0.25, 0.3) is 0 Å². The molecule has 0 aliphatic rings. The Morgan fingerprint density at radius 1 is 1.28 bits per heavy atom. The summed E-state index contributed by atoms with van der Waals surface area (Å²) in [6, 6.07) is 5.41. The second-order valence-electron chi connectivity index (χ2n) is 3.62. The Kier molecular flexibility index (Phi) is 6.35. The fraction of sp³-hybridized carbons (Fsp3) is 0.333. The van der Waals surface area contributed by atoms with Crippen LogP contribution in [0.2, 0.25) is 0 Å². The number of rotatable bonds is 6. The number of benzene rings is 1. The Morgan fingerprint density at radius 2 is 2.00 bits per heavy atom. The Bertz CT molecular complexity index is 446. The molecule has 0 radical (unpaired) electrons. The van der Waals surface area contributed by atoms with Crippen molar-refractivity contribution >= 4 is 43.8 Å². The van der Waals surface area contributed by atoms with Gasteiger partial charge in [0.15, 0.2) is 0 Å². The molecule has 4 nitrogen and oxygen atoms in total. The van der Waals surface area contributed by atoms with E-state index in [1.54, 1.807) is 6.07 Å². The van der Waals surface area contributed by atoms with Gasteiger partial charge < -0.3 is 9.84 Å². The van der Waals surface area contributed by atoms with Crippen LogP contribution in [0.5, 0.6) is 5.75 Å². The molecule has 0 aliphatic heterocycles. The number of aliphatic carboxylic acids is 1. The molecule has 0 saturated heterocycles. The molecule has 1 aromatic carbocycles. The van der Waals surface area contributed by atoms with E-state index in [2.05, 4.69) is 31.9 Å². The molecule has 0 aromatic heterocycles. The van der Waals surface area contributed by atoms with Crippen LogP contribution in [0.4, 0.5) is 0 Å². The highest BCUT2D eigenvalue weighted by Gasteiger charge is 2.09. The zero-order chi connectivity index (χ0) is 13.5. The zero-order valence-electron chi connectivity index (χ0n) is 9.49. The predicted molar refractivity (Wildman–Crippen MR) is 73.9 cm³/mol. The van der Waals surface area contributed by atoms with Crippen molar-refractivity contribution in [2.45, 2.75) is 24.6 Å². The van der Waals surface area contributed by atoms with E-state index in [4.69, 9.17) is 9.84 Å². The van der Waals surface area contributed by atoms with Gasteiger partial charge in [0.2, 0.25) is 0 Å². The first-order chi connectivity index (χ1) is 8.52. The van der Waals surface area contributed by atoms with E-state index >= 15 is 0 Å². The summed E-state index contributed by atoms with van der Waals surface area (Å²) < 4.78 is 5.83. The Labute approximate surface area is 122 Å². The smallest absolute Gasteiger partial charge is 0.311 e. The molecule has 18 heavy (non-hydrogen) atoms. The third-order valence-corrected chi connectivity index (χ3v) is 3.41. The van der Waals surface area contributed by atoms with Gasteiger partial charge in [-0.25, -0.2) is 0 Å². The number of esters is 1. The van der Waals surface area contributed by atoms with Crippen LogP contribution in [-0.2, 0) is 14.9 Å². The van der Waals surface area contributed by atoms with Gasteiger partial charge in [0, 0.05) is 18.2 Å². The van der Waals surface area contributed by atoms with Crippen molar-refractivity contribution < 1.29 is 19.4 Å². The third-order valence-electron chi connectivity index (χ3n) is 2.15. The van der Waals surface area contributed by atoms with Crippen molar-refractivity contribution in [3.63, 3.8) is 0 Å². The van der Waals surface area contributed by atoms with Crippen LogP contribution < -0.4 is 4.74 Å². The second kappa shape index (κ2) is 7.53. The molecule has 0 aliphatic carbocycles. The van der Waals surface area contributed by atoms with Crippen LogP contribution in [0.15, 0.2) is 22.7 Å². The number of carbonyl (C=O) groups is 2. The van der Waals surface area contributed by atoms with Crippen molar-refractivity contribution in [3.05, 3.63) is 28.2 Å². The van der Waals surface area contributed by atoms with Crippen LogP contribution in [0.1, 0.15) is 24.8 Å². The monoisotopic (exact) mass is 378 g/mol. The molecule has 0 fully saturated rings. The summed E-state index contributed by atoms with van der Waals surface area (Å²) in [4.78, 5) is 21.8. The lowest BCUT2D eigenvalue weighted by Crippen LogP contribution is -2.09. The molecule has 6 heteroatoms. The van der Waals surface area contributed by atoms with Gasteiger partial charge in [0.05, 0.1) is 4.47 Å². The summed E-state index contributed by atoms with van der Waals surface area (Å²) >= 11 is 6.65. The predicted octanol–water partition coefficient (Wildman–Crippen LogP) is 3.50. The van der Waals surface area contributed by atoms with E-state index in [0.29, 0.717) is 10.2 Å². The number of halogens is 2. The summed E-state index contributed by atoms with van der Waals surface area (Å²) in [5.41, 5.74) is 1.06. The minimum atomic E-state index is -0.911. The molecule has 0 unspecified atom stereocenters. The number of carbonyl (C=O) groups excluding carboxylic acids is 1. The van der Waals surface area contributed by atoms with E-state index in [9.17, 15) is 9.59 Å². The van der Waals surface area contributed by atoms with E-state index in [-0.39, 0.29) is 19.3 Å². The standard InChI is InChI=1S/C12H12Br2O4/c13-7-8-4-5-10(9(14)6-8)18-12(17)3-1-2-11(15)16/h4-6H,1-3,7H2,(H,15,16). The van der Waals surface area contributed by atoms with E-state index < -0.39 is 11.9 Å². The summed E-state index contributed by atoms with van der Waals surface area (Å²) in [6.45, 7) is 0. The Hall–Kier alpha value is -0.880. The van der Waals surface area contributed by atoms with Gasteiger partial charge in [-0.05, 0) is 40.0 Å². The highest BCUT2D eigenvalue weighted by Crippen LogP contribution is 2.27. The van der Waals surface area contributed by atoms with Crippen molar-refractivity contribution in [2.24, 2.45) is 0 Å². The summed E-state index contributed by atoms with van der Waals surface area (Å²) in [5, 5.41) is 9.17. The SMILES string of the molecule is O=C(O)CCCC(=O)Oc1ccc(CBr)cc1Br. The van der Waals surface area contributed by atoms with Crippen molar-refractivity contribution in [1.29, 1.82) is 0 Å². The maximum atomic E-state index is 11.5. The lowest BCUT2D eigenvalue weighted by Gasteiger charge is -2.07. The molecule has 0 atom stereocenters. The van der Waals surface area contributed by atoms with Crippen LogP contribution in [0, 0.1) is 0 Å². The van der Waals surface area contributed by atoms with Gasteiger partial charge >= 0.3 is 11.9 Å². The van der Waals surface area contributed by atoms with Crippen LogP contribution >= 0.6 is 31.9 Å². The molecular formula is C12H12Br2O4. The molecule has 1 N–H and O–H groups in total. The third kappa shape index (κ3) is 5.18. The topological polar surface area (TPSA) is 63.6 Å². The number of alkyl halides is 1. The first-order valence-electron chi connectivity index (χ1n) is 5.30. The first-order valence-corrected chi connectivity index (χ1v) is 7.21. The van der Waals surface area contributed by atoms with Gasteiger partial charge in [-0.1, -0.05) is 22.0 Å². The van der Waals surface area contributed by atoms with Gasteiger partial charge in [-0.3, -0.25) is 9.59 Å². The fourth-order valence-corrected chi connectivity index (χ4v) is 2.12. The zero-order valence-corrected chi connectivity index (χ0v) is 12.7. The fourth-order valence-electron chi connectivity index (χ4n) is 1.27. The maximum Gasteiger partial charge on any atom is 0.311 e. The molecule has 0 saturated carbocycles. The Morgan fingerprint density at radius 3 is 2.56 bits per heavy atom. The molecule has 0 spiro atoms. The summed E-state index contributed by atoms with van der Waals surface area (Å²) in [6.07, 6.45) is 0.350. The van der Waals surface area contributed by atoms with Gasteiger partial charge in [-0.2, -0.15) is 0 Å². The van der Waals surface area contributed by atoms with Gasteiger partial charge in [-0.15, -0.1) is 0 Å². The number of ether oxygens (including phenoxy) is 1. The normalized spacial score (nSPS) is 10.1. The van der Waals surface area contributed by atoms with E-state index in [1.807, 2.05) is 12.1 Å². The number of hydrogen-bond acceptors (Lipinski definition) is 3. The van der Waals surface area contributed by atoms with Crippen molar-refractivity contribution in [1.82, 2.24) is 0 Å². The maximum absolute atomic E-state index is 11.5. The van der Waals surface area contributed by atoms with Crippen LogP contribution in [0.3, 0.4) is 0 Å². The summed E-state index contributed by atoms with van der Waals surface area (Å²) in [7, 11) is 0.